The highest BCUT2D eigenvalue weighted by Crippen LogP contribution is 2.20. The molecule has 0 radical (unpaired) electrons. The van der Waals surface area contributed by atoms with Crippen molar-refractivity contribution in [3.63, 3.8) is 0 Å². The average Bonchev–Trinajstić information content (AvgIpc) is 2.20. The molecule has 0 aliphatic heterocycles. The number of nitrogens with zero attached hydrogens (tertiary/aromatic N) is 1. The zero-order valence-electron chi connectivity index (χ0n) is 10.3. The molecule has 1 heterocycles. The molecule has 18 heavy (non-hydrogen) atoms. The lowest BCUT2D eigenvalue weighted by Gasteiger charge is -2.23. The van der Waals surface area contributed by atoms with E-state index in [0.29, 0.717) is 6.07 Å². The molecule has 0 aliphatic rings. The van der Waals surface area contributed by atoms with Gasteiger partial charge in [0.05, 0.1) is 4.75 Å². The maximum atomic E-state index is 13.3. The SMILES string of the molecule is CC(C)(CNc1nc(N)c(F)cc1F)S(C)(=O)=O. The first-order chi connectivity index (χ1) is 8.04. The molecule has 1 rings (SSSR count). The van der Waals surface area contributed by atoms with Crippen LogP contribution < -0.4 is 11.1 Å². The van der Waals surface area contributed by atoms with Gasteiger partial charge < -0.3 is 11.1 Å². The molecule has 0 saturated carbocycles. The van der Waals surface area contributed by atoms with Crippen LogP contribution >= 0.6 is 0 Å². The Morgan fingerprint density at radius 2 is 1.94 bits per heavy atom. The summed E-state index contributed by atoms with van der Waals surface area (Å²) in [4.78, 5) is 3.48. The Bertz CT molecular complexity index is 558. The van der Waals surface area contributed by atoms with E-state index in [2.05, 4.69) is 10.3 Å². The number of hydrogen-bond acceptors (Lipinski definition) is 5. The van der Waals surface area contributed by atoms with Crippen molar-refractivity contribution in [3.05, 3.63) is 17.7 Å². The third-order valence-electron chi connectivity index (χ3n) is 2.64. The average molecular weight is 279 g/mol. The van der Waals surface area contributed by atoms with Gasteiger partial charge in [0, 0.05) is 18.9 Å². The largest absolute Gasteiger partial charge is 0.381 e. The predicted octanol–water partition coefficient (Wildman–Crippen LogP) is 1.18. The van der Waals surface area contributed by atoms with E-state index in [1.165, 1.54) is 13.8 Å². The summed E-state index contributed by atoms with van der Waals surface area (Å²) in [7, 11) is -3.32. The van der Waals surface area contributed by atoms with Gasteiger partial charge in [0.1, 0.15) is 0 Å². The maximum Gasteiger partial charge on any atom is 0.168 e. The number of nitrogens with one attached hydrogen (secondary N) is 1. The van der Waals surface area contributed by atoms with E-state index in [1.54, 1.807) is 0 Å². The Kier molecular flexibility index (Phi) is 3.80. The fourth-order valence-electron chi connectivity index (χ4n) is 1.03. The smallest absolute Gasteiger partial charge is 0.168 e. The molecular formula is C10H15F2N3O2S. The van der Waals surface area contributed by atoms with E-state index in [-0.39, 0.29) is 12.4 Å². The summed E-state index contributed by atoms with van der Waals surface area (Å²) < 4.78 is 48.0. The molecule has 0 bridgehead atoms. The summed E-state index contributed by atoms with van der Waals surface area (Å²) >= 11 is 0. The van der Waals surface area contributed by atoms with Crippen LogP contribution in [-0.4, -0.2) is 30.9 Å². The Morgan fingerprint density at radius 3 is 2.44 bits per heavy atom. The van der Waals surface area contributed by atoms with Crippen LogP contribution in [0.5, 0.6) is 0 Å². The molecule has 1 aromatic heterocycles. The third kappa shape index (κ3) is 3.06. The molecule has 8 heteroatoms. The van der Waals surface area contributed by atoms with Crippen LogP contribution in [0.2, 0.25) is 0 Å². The summed E-state index contributed by atoms with van der Waals surface area (Å²) in [5.41, 5.74) is 5.20. The molecule has 0 aromatic carbocycles. The van der Waals surface area contributed by atoms with Gasteiger partial charge in [0.15, 0.2) is 33.1 Å². The van der Waals surface area contributed by atoms with Crippen LogP contribution in [0.15, 0.2) is 6.07 Å². The van der Waals surface area contributed by atoms with Crippen LogP contribution in [0.25, 0.3) is 0 Å². The van der Waals surface area contributed by atoms with E-state index >= 15 is 0 Å². The molecule has 0 fully saturated rings. The number of aromatic nitrogens is 1. The van der Waals surface area contributed by atoms with Gasteiger partial charge in [-0.15, -0.1) is 0 Å². The summed E-state index contributed by atoms with van der Waals surface area (Å²) in [6.07, 6.45) is 1.08. The standard InChI is InChI=1S/C10H15F2N3O2S/c1-10(2,18(3,16)17)5-14-9-7(12)4-6(11)8(13)15-9/h4H,5H2,1-3H3,(H3,13,14,15). The fourth-order valence-corrected chi connectivity index (χ4v) is 1.37. The van der Waals surface area contributed by atoms with Gasteiger partial charge in [-0.2, -0.15) is 0 Å². The Morgan fingerprint density at radius 1 is 1.39 bits per heavy atom. The van der Waals surface area contributed by atoms with Crippen molar-refractivity contribution in [1.82, 2.24) is 4.98 Å². The molecular weight excluding hydrogens is 264 g/mol. The summed E-state index contributed by atoms with van der Waals surface area (Å²) in [5.74, 6) is -2.60. The monoisotopic (exact) mass is 279 g/mol. The van der Waals surface area contributed by atoms with Gasteiger partial charge in [0.25, 0.3) is 0 Å². The zero-order chi connectivity index (χ0) is 14.1. The molecule has 102 valence electrons. The second kappa shape index (κ2) is 4.68. The minimum atomic E-state index is -3.32. The Hall–Kier alpha value is -1.44. The second-order valence-electron chi connectivity index (χ2n) is 4.57. The minimum absolute atomic E-state index is 0.0686. The number of anilines is 2. The van der Waals surface area contributed by atoms with Crippen molar-refractivity contribution >= 4 is 21.5 Å². The van der Waals surface area contributed by atoms with Crippen molar-refractivity contribution in [1.29, 1.82) is 0 Å². The highest BCUT2D eigenvalue weighted by molar-refractivity contribution is 7.92. The lowest BCUT2D eigenvalue weighted by Crippen LogP contribution is -2.38. The van der Waals surface area contributed by atoms with Crippen LogP contribution in [0.4, 0.5) is 20.4 Å². The summed E-state index contributed by atoms with van der Waals surface area (Å²) in [6, 6.07) is 0.595. The molecule has 0 unspecified atom stereocenters. The molecule has 0 aliphatic carbocycles. The first kappa shape index (κ1) is 14.6. The van der Waals surface area contributed by atoms with Crippen LogP contribution in [0.3, 0.4) is 0 Å². The van der Waals surface area contributed by atoms with Crippen molar-refractivity contribution in [2.24, 2.45) is 0 Å². The maximum absolute atomic E-state index is 13.3. The van der Waals surface area contributed by atoms with Crippen LogP contribution in [0.1, 0.15) is 13.8 Å². The molecule has 0 amide bonds. The Labute approximate surface area is 104 Å². The molecule has 3 N–H and O–H groups in total. The Balaban J connectivity index is 2.91. The number of sulfone groups is 1. The van der Waals surface area contributed by atoms with Crippen LogP contribution in [-0.2, 0) is 9.84 Å². The summed E-state index contributed by atoms with van der Waals surface area (Å²) in [6.45, 7) is 2.90. The molecule has 0 saturated heterocycles. The molecule has 5 nitrogen and oxygen atoms in total. The van der Waals surface area contributed by atoms with Gasteiger partial charge in [-0.05, 0) is 13.8 Å². The van der Waals surface area contributed by atoms with Gasteiger partial charge in [-0.25, -0.2) is 22.2 Å². The van der Waals surface area contributed by atoms with Crippen molar-refractivity contribution in [2.75, 3.05) is 23.9 Å². The van der Waals surface area contributed by atoms with Crippen molar-refractivity contribution < 1.29 is 17.2 Å². The van der Waals surface area contributed by atoms with Crippen molar-refractivity contribution in [3.8, 4) is 0 Å². The van der Waals surface area contributed by atoms with Gasteiger partial charge >= 0.3 is 0 Å². The van der Waals surface area contributed by atoms with Gasteiger partial charge in [0.2, 0.25) is 0 Å². The number of nitrogen functional groups attached to an aromatic ring is 1. The lowest BCUT2D eigenvalue weighted by atomic mass is 10.2. The molecule has 1 aromatic rings. The third-order valence-corrected chi connectivity index (χ3v) is 4.79. The van der Waals surface area contributed by atoms with Gasteiger partial charge in [-0.1, -0.05) is 0 Å². The fraction of sp³-hybridized carbons (Fsp3) is 0.500. The van der Waals surface area contributed by atoms with Crippen molar-refractivity contribution in [2.45, 2.75) is 18.6 Å². The zero-order valence-corrected chi connectivity index (χ0v) is 11.1. The minimum Gasteiger partial charge on any atom is -0.381 e. The van der Waals surface area contributed by atoms with Crippen LogP contribution in [0, 0.1) is 11.6 Å². The number of hydrogen-bond donors (Lipinski definition) is 2. The van der Waals surface area contributed by atoms with E-state index in [1.807, 2.05) is 0 Å². The number of halogens is 2. The second-order valence-corrected chi connectivity index (χ2v) is 7.22. The van der Waals surface area contributed by atoms with Gasteiger partial charge in [-0.3, -0.25) is 0 Å². The highest BCUT2D eigenvalue weighted by atomic mass is 32.2. The summed E-state index contributed by atoms with van der Waals surface area (Å²) in [5, 5.41) is 2.52. The first-order valence-electron chi connectivity index (χ1n) is 5.09. The normalized spacial score (nSPS) is 12.5. The topological polar surface area (TPSA) is 85.1 Å². The molecule has 0 atom stereocenters. The highest BCUT2D eigenvalue weighted by Gasteiger charge is 2.30. The number of nitrogens with two attached hydrogens (primary N) is 1. The van der Waals surface area contributed by atoms with E-state index in [9.17, 15) is 17.2 Å². The predicted molar refractivity (Wildman–Crippen MR) is 66.0 cm³/mol. The van der Waals surface area contributed by atoms with E-state index in [0.717, 1.165) is 6.26 Å². The number of pyridine rings is 1. The molecule has 0 spiro atoms. The lowest BCUT2D eigenvalue weighted by molar-refractivity contribution is 0.555. The van der Waals surface area contributed by atoms with E-state index in [4.69, 9.17) is 5.73 Å². The van der Waals surface area contributed by atoms with E-state index < -0.39 is 32.0 Å². The quantitative estimate of drug-likeness (QED) is 0.864. The number of rotatable bonds is 4. The first-order valence-corrected chi connectivity index (χ1v) is 6.99.